The molecule has 1 aliphatic rings. The van der Waals surface area contributed by atoms with Crippen molar-refractivity contribution in [1.29, 1.82) is 0 Å². The molecule has 0 spiro atoms. The lowest BCUT2D eigenvalue weighted by molar-refractivity contribution is -0.149. The maximum atomic E-state index is 13.6. The van der Waals surface area contributed by atoms with E-state index in [2.05, 4.69) is 37.5 Å². The van der Waals surface area contributed by atoms with E-state index >= 15 is 0 Å². The maximum Gasteiger partial charge on any atom is 0.312 e. The summed E-state index contributed by atoms with van der Waals surface area (Å²) in [6, 6.07) is 5.78. The van der Waals surface area contributed by atoms with Crippen LogP contribution in [-0.2, 0) is 30.6 Å². The summed E-state index contributed by atoms with van der Waals surface area (Å²) in [4.78, 5) is 65.2. The van der Waals surface area contributed by atoms with Crippen molar-refractivity contribution in [2.45, 2.75) is 71.1 Å². The van der Waals surface area contributed by atoms with Crippen LogP contribution in [0.1, 0.15) is 57.9 Å². The number of aldehydes is 1. The van der Waals surface area contributed by atoms with Gasteiger partial charge in [0.25, 0.3) is 0 Å². The number of primary amides is 1. The SMILES string of the molecule is CNCCN(C)OCc1ccc(NC(=O)[C@H](CCCNC(N)=O)N2C=C([C@@H](NC(=O)CCCCCNC(=O)/C=C\C=O)C(C)C)NN2)cc1. The number of likely N-dealkylation sites (N-methyl/N-ethyl adjacent to an activating group) is 2. The van der Waals surface area contributed by atoms with Gasteiger partial charge in [-0.1, -0.05) is 32.4 Å². The molecule has 0 saturated heterocycles. The molecule has 0 radical (unpaired) electrons. The molecule has 0 unspecified atom stereocenters. The summed E-state index contributed by atoms with van der Waals surface area (Å²) in [7, 11) is 3.76. The highest BCUT2D eigenvalue weighted by Crippen LogP contribution is 2.19. The minimum absolute atomic E-state index is 0.0386. The Labute approximate surface area is 288 Å². The fourth-order valence-corrected chi connectivity index (χ4v) is 4.84. The number of carbonyl (C=O) groups is 5. The van der Waals surface area contributed by atoms with Gasteiger partial charge >= 0.3 is 6.03 Å². The van der Waals surface area contributed by atoms with Crippen LogP contribution in [0.25, 0.3) is 0 Å². The molecule has 2 rings (SSSR count). The van der Waals surface area contributed by atoms with E-state index in [-0.39, 0.29) is 29.7 Å². The standard InChI is InChI=1S/C33H54N10O6/c1-24(2)31(39-30(46)11-6-5-7-17-36-29(45)12-9-21-44)27-22-43(41-40-27)28(10-8-18-37-33(34)48)32(47)38-26-15-13-25(14-16-26)23-49-42(4)20-19-35-3/h9,12-16,21-22,24,28,31,35,40-41H,5-8,10-11,17-20,23H2,1-4H3,(H,36,45)(H,38,47)(H,39,46)(H3,34,37,48)/b12-9-/t28-,31-/m0/s1. The first-order valence-corrected chi connectivity index (χ1v) is 16.7. The number of nitrogens with zero attached hydrogens (tertiary/aromatic N) is 2. The largest absolute Gasteiger partial charge is 0.353 e. The third-order valence-electron chi connectivity index (χ3n) is 7.57. The van der Waals surface area contributed by atoms with Crippen LogP contribution in [0.5, 0.6) is 0 Å². The quantitative estimate of drug-likeness (QED) is 0.0329. The van der Waals surface area contributed by atoms with Crippen molar-refractivity contribution in [2.24, 2.45) is 11.7 Å². The summed E-state index contributed by atoms with van der Waals surface area (Å²) in [5.74, 6) is -0.658. The molecule has 16 heteroatoms. The van der Waals surface area contributed by atoms with Gasteiger partial charge in [-0.3, -0.25) is 29.0 Å². The van der Waals surface area contributed by atoms with Crippen LogP contribution >= 0.6 is 0 Å². The van der Waals surface area contributed by atoms with Crippen LogP contribution in [0.4, 0.5) is 10.5 Å². The number of carbonyl (C=O) groups excluding carboxylic acids is 5. The van der Waals surface area contributed by atoms with E-state index in [1.54, 1.807) is 16.3 Å². The molecule has 0 aliphatic carbocycles. The summed E-state index contributed by atoms with van der Waals surface area (Å²) in [5.41, 5.74) is 13.7. The van der Waals surface area contributed by atoms with Crippen LogP contribution in [0.15, 0.2) is 48.3 Å². The van der Waals surface area contributed by atoms with E-state index in [9.17, 15) is 24.0 Å². The van der Waals surface area contributed by atoms with Gasteiger partial charge in [-0.05, 0) is 62.4 Å². The molecule has 5 amide bonds. The first-order chi connectivity index (χ1) is 23.5. The molecule has 0 aromatic heterocycles. The molecule has 272 valence electrons. The maximum absolute atomic E-state index is 13.6. The molecule has 0 fully saturated rings. The van der Waals surface area contributed by atoms with E-state index in [4.69, 9.17) is 10.6 Å². The van der Waals surface area contributed by atoms with Crippen LogP contribution in [-0.4, -0.2) is 92.5 Å². The van der Waals surface area contributed by atoms with Gasteiger partial charge in [0.1, 0.15) is 12.3 Å². The Bertz CT molecular complexity index is 1260. The number of hydrogen-bond acceptors (Lipinski definition) is 11. The second-order valence-corrected chi connectivity index (χ2v) is 12.0. The Morgan fingerprint density at radius 1 is 1.02 bits per heavy atom. The highest BCUT2D eigenvalue weighted by molar-refractivity contribution is 5.95. The van der Waals surface area contributed by atoms with Crippen LogP contribution in [0.2, 0.25) is 0 Å². The summed E-state index contributed by atoms with van der Waals surface area (Å²) < 4.78 is 0. The zero-order valence-electron chi connectivity index (χ0n) is 29.1. The topological polar surface area (TPSA) is 211 Å². The molecule has 1 heterocycles. The van der Waals surface area contributed by atoms with Crippen molar-refractivity contribution in [2.75, 3.05) is 45.6 Å². The Morgan fingerprint density at radius 2 is 1.76 bits per heavy atom. The fourth-order valence-electron chi connectivity index (χ4n) is 4.84. The van der Waals surface area contributed by atoms with Gasteiger partial charge in [0.15, 0.2) is 0 Å². The van der Waals surface area contributed by atoms with E-state index in [0.717, 1.165) is 31.1 Å². The van der Waals surface area contributed by atoms with Gasteiger partial charge in [0, 0.05) is 57.6 Å². The molecule has 0 bridgehead atoms. The summed E-state index contributed by atoms with van der Waals surface area (Å²) in [5, 5.41) is 17.8. The third kappa shape index (κ3) is 16.4. The molecule has 16 nitrogen and oxygen atoms in total. The first kappa shape index (κ1) is 40.7. The number of anilines is 1. The smallest absolute Gasteiger partial charge is 0.312 e. The van der Waals surface area contributed by atoms with Crippen LogP contribution in [0, 0.1) is 5.92 Å². The monoisotopic (exact) mass is 686 g/mol. The molecule has 9 N–H and O–H groups in total. The Hall–Kier alpha value is -4.51. The number of nitrogens with one attached hydrogen (secondary N) is 7. The lowest BCUT2D eigenvalue weighted by atomic mass is 10.0. The van der Waals surface area contributed by atoms with Gasteiger partial charge in [-0.15, -0.1) is 5.53 Å². The molecule has 1 aromatic carbocycles. The van der Waals surface area contributed by atoms with E-state index in [0.29, 0.717) is 69.5 Å². The predicted molar refractivity (Wildman–Crippen MR) is 187 cm³/mol. The predicted octanol–water partition coefficient (Wildman–Crippen LogP) is 0.764. The number of benzene rings is 1. The van der Waals surface area contributed by atoms with Crippen molar-refractivity contribution in [1.82, 2.24) is 42.3 Å². The molecule has 49 heavy (non-hydrogen) atoms. The number of hydroxylamine groups is 2. The number of unbranched alkanes of at least 4 members (excludes halogenated alkanes) is 2. The van der Waals surface area contributed by atoms with E-state index in [1.165, 1.54) is 6.08 Å². The average Bonchev–Trinajstić information content (AvgIpc) is 3.55. The third-order valence-corrected chi connectivity index (χ3v) is 7.57. The van der Waals surface area contributed by atoms with Gasteiger partial charge in [-0.25, -0.2) is 4.79 Å². The zero-order chi connectivity index (χ0) is 36.0. The van der Waals surface area contributed by atoms with Crippen LogP contribution < -0.4 is 43.3 Å². The molecule has 1 aromatic rings. The minimum Gasteiger partial charge on any atom is -0.353 e. The Balaban J connectivity index is 1.99. The van der Waals surface area contributed by atoms with Crippen molar-refractivity contribution < 1.29 is 28.8 Å². The first-order valence-electron chi connectivity index (χ1n) is 16.7. The number of nitrogens with two attached hydrogens (primary N) is 1. The number of hydrazine groups is 2. The van der Waals surface area contributed by atoms with Crippen molar-refractivity contribution in [3.63, 3.8) is 0 Å². The molecular weight excluding hydrogens is 632 g/mol. The minimum atomic E-state index is -0.665. The van der Waals surface area contributed by atoms with Crippen molar-refractivity contribution >= 4 is 35.7 Å². The van der Waals surface area contributed by atoms with Crippen LogP contribution in [0.3, 0.4) is 0 Å². The lowest BCUT2D eigenvalue weighted by Crippen LogP contribution is -2.50. The summed E-state index contributed by atoms with van der Waals surface area (Å²) >= 11 is 0. The molecule has 0 saturated carbocycles. The average molecular weight is 687 g/mol. The normalized spacial score (nSPS) is 13.9. The molecular formula is C33H54N10O6. The summed E-state index contributed by atoms with van der Waals surface area (Å²) in [6.45, 7) is 6.70. The second-order valence-electron chi connectivity index (χ2n) is 12.0. The fraction of sp³-hybridized carbons (Fsp3) is 0.545. The number of amides is 5. The highest BCUT2D eigenvalue weighted by Gasteiger charge is 2.31. The second kappa shape index (κ2) is 23.0. The molecule has 2 atom stereocenters. The summed E-state index contributed by atoms with van der Waals surface area (Å²) in [6.07, 6.45) is 7.94. The van der Waals surface area contributed by atoms with Gasteiger partial charge < -0.3 is 37.7 Å². The number of rotatable bonds is 24. The highest BCUT2D eigenvalue weighted by atomic mass is 16.7. The number of hydrogen-bond donors (Lipinski definition) is 8. The lowest BCUT2D eigenvalue weighted by Gasteiger charge is -2.26. The van der Waals surface area contributed by atoms with Gasteiger partial charge in [0.2, 0.25) is 17.7 Å². The van der Waals surface area contributed by atoms with Crippen molar-refractivity contribution in [3.05, 3.63) is 53.9 Å². The Morgan fingerprint density at radius 3 is 2.43 bits per heavy atom. The Kier molecular flexibility index (Phi) is 19.0. The van der Waals surface area contributed by atoms with E-state index in [1.807, 2.05) is 52.2 Å². The van der Waals surface area contributed by atoms with Crippen molar-refractivity contribution in [3.8, 4) is 0 Å². The van der Waals surface area contributed by atoms with Gasteiger partial charge in [-0.2, -0.15) is 5.06 Å². The van der Waals surface area contributed by atoms with Gasteiger partial charge in [0.05, 0.1) is 18.3 Å². The molecule has 1 aliphatic heterocycles. The number of allylic oxidation sites excluding steroid dienone is 1. The zero-order valence-corrected chi connectivity index (χ0v) is 29.1. The number of urea groups is 1. The van der Waals surface area contributed by atoms with E-state index < -0.39 is 12.1 Å².